The van der Waals surface area contributed by atoms with E-state index in [4.69, 9.17) is 18.9 Å². The van der Waals surface area contributed by atoms with Crippen molar-refractivity contribution in [2.24, 2.45) is 4.99 Å². The summed E-state index contributed by atoms with van der Waals surface area (Å²) in [5.41, 5.74) is 2.11. The van der Waals surface area contributed by atoms with E-state index < -0.39 is 0 Å². The Morgan fingerprint density at radius 2 is 1.59 bits per heavy atom. The van der Waals surface area contributed by atoms with E-state index in [1.54, 1.807) is 28.4 Å². The Bertz CT molecular complexity index is 806. The second kappa shape index (κ2) is 11.0. The van der Waals surface area contributed by atoms with Crippen molar-refractivity contribution in [3.05, 3.63) is 47.5 Å². The van der Waals surface area contributed by atoms with Crippen molar-refractivity contribution in [1.29, 1.82) is 0 Å². The molecule has 0 saturated heterocycles. The molecular weight excluding hydrogens is 370 g/mol. The van der Waals surface area contributed by atoms with Gasteiger partial charge >= 0.3 is 0 Å². The highest BCUT2D eigenvalue weighted by molar-refractivity contribution is 5.79. The van der Waals surface area contributed by atoms with Gasteiger partial charge in [0, 0.05) is 38.8 Å². The number of ether oxygens (including phenoxy) is 4. The van der Waals surface area contributed by atoms with Gasteiger partial charge < -0.3 is 29.2 Å². The lowest BCUT2D eigenvalue weighted by Gasteiger charge is -2.23. The molecule has 0 radical (unpaired) electrons. The van der Waals surface area contributed by atoms with Gasteiger partial charge in [0.2, 0.25) is 0 Å². The third kappa shape index (κ3) is 5.94. The van der Waals surface area contributed by atoms with Crippen molar-refractivity contribution in [2.45, 2.75) is 20.0 Å². The summed E-state index contributed by atoms with van der Waals surface area (Å²) in [6, 6.07) is 11.8. The molecule has 0 unspecified atom stereocenters. The number of hydrogen-bond acceptors (Lipinski definition) is 5. The molecule has 7 heteroatoms. The minimum atomic E-state index is 0.532. The first-order valence-electron chi connectivity index (χ1n) is 9.48. The largest absolute Gasteiger partial charge is 0.496 e. The minimum absolute atomic E-state index is 0.532. The summed E-state index contributed by atoms with van der Waals surface area (Å²) < 4.78 is 21.7. The fraction of sp³-hybridized carbons (Fsp3) is 0.409. The van der Waals surface area contributed by atoms with Crippen LogP contribution in [0.4, 0.5) is 0 Å². The van der Waals surface area contributed by atoms with Gasteiger partial charge in [-0.15, -0.1) is 0 Å². The van der Waals surface area contributed by atoms with Gasteiger partial charge in [0.15, 0.2) is 17.5 Å². The molecule has 158 valence electrons. The number of nitrogens with zero attached hydrogens (tertiary/aromatic N) is 2. The maximum Gasteiger partial charge on any atom is 0.193 e. The Labute approximate surface area is 173 Å². The highest BCUT2D eigenvalue weighted by Crippen LogP contribution is 2.34. The molecule has 0 atom stereocenters. The van der Waals surface area contributed by atoms with Crippen LogP contribution in [-0.4, -0.2) is 52.9 Å². The van der Waals surface area contributed by atoms with Crippen LogP contribution in [0.25, 0.3) is 0 Å². The fourth-order valence-corrected chi connectivity index (χ4v) is 3.00. The number of aliphatic imine (C=N–C) groups is 1. The summed E-state index contributed by atoms with van der Waals surface area (Å²) in [5.74, 6) is 3.66. The lowest BCUT2D eigenvalue weighted by molar-refractivity contribution is 0.340. The molecule has 0 aromatic heterocycles. The number of rotatable bonds is 9. The standard InChI is InChI=1S/C22H31N3O4/c1-7-29-18-10-8-16(9-11-18)15-25(3)22(23-2)24-14-17-12-20(27-5)21(28-6)13-19(17)26-4/h8-13H,7,14-15H2,1-6H3,(H,23,24). The second-order valence-electron chi connectivity index (χ2n) is 6.35. The van der Waals surface area contributed by atoms with E-state index in [1.165, 1.54) is 5.56 Å². The number of benzene rings is 2. The molecule has 0 aliphatic heterocycles. The monoisotopic (exact) mass is 401 g/mol. The summed E-state index contributed by atoms with van der Waals surface area (Å²) in [7, 11) is 8.62. The van der Waals surface area contributed by atoms with Crippen molar-refractivity contribution in [3.63, 3.8) is 0 Å². The molecule has 0 spiro atoms. The maximum atomic E-state index is 5.50. The zero-order valence-electron chi connectivity index (χ0n) is 18.1. The van der Waals surface area contributed by atoms with Gasteiger partial charge in [0.1, 0.15) is 11.5 Å². The molecule has 0 fully saturated rings. The van der Waals surface area contributed by atoms with Crippen molar-refractivity contribution in [2.75, 3.05) is 42.0 Å². The molecule has 0 heterocycles. The average molecular weight is 402 g/mol. The molecule has 2 rings (SSSR count). The van der Waals surface area contributed by atoms with Crippen LogP contribution in [0.2, 0.25) is 0 Å². The van der Waals surface area contributed by atoms with Crippen LogP contribution in [0, 0.1) is 0 Å². The Morgan fingerprint density at radius 3 is 2.14 bits per heavy atom. The Kier molecular flexibility index (Phi) is 8.45. The summed E-state index contributed by atoms with van der Waals surface area (Å²) >= 11 is 0. The van der Waals surface area contributed by atoms with Gasteiger partial charge in [-0.3, -0.25) is 4.99 Å². The Hall–Kier alpha value is -3.09. The van der Waals surface area contributed by atoms with E-state index in [1.807, 2.05) is 38.2 Å². The quantitative estimate of drug-likeness (QED) is 0.514. The van der Waals surface area contributed by atoms with E-state index in [0.717, 1.165) is 29.6 Å². The predicted molar refractivity (Wildman–Crippen MR) is 115 cm³/mol. The third-order valence-electron chi connectivity index (χ3n) is 4.45. The highest BCUT2D eigenvalue weighted by Gasteiger charge is 2.13. The van der Waals surface area contributed by atoms with E-state index in [0.29, 0.717) is 24.7 Å². The zero-order chi connectivity index (χ0) is 21.2. The molecule has 0 saturated carbocycles. The normalized spacial score (nSPS) is 11.0. The third-order valence-corrected chi connectivity index (χ3v) is 4.45. The number of guanidine groups is 1. The van der Waals surface area contributed by atoms with Gasteiger partial charge in [-0.2, -0.15) is 0 Å². The molecule has 0 amide bonds. The lowest BCUT2D eigenvalue weighted by Crippen LogP contribution is -2.38. The SMILES string of the molecule is CCOc1ccc(CN(C)C(=NC)NCc2cc(OC)c(OC)cc2OC)cc1. The Balaban J connectivity index is 2.06. The van der Waals surface area contributed by atoms with Gasteiger partial charge in [0.25, 0.3) is 0 Å². The second-order valence-corrected chi connectivity index (χ2v) is 6.35. The summed E-state index contributed by atoms with van der Waals surface area (Å²) in [4.78, 5) is 6.45. The van der Waals surface area contributed by atoms with Crippen molar-refractivity contribution >= 4 is 5.96 Å². The summed E-state index contributed by atoms with van der Waals surface area (Å²) in [5, 5.41) is 3.38. The van der Waals surface area contributed by atoms with Gasteiger partial charge in [-0.25, -0.2) is 0 Å². The molecule has 0 aliphatic rings. The van der Waals surface area contributed by atoms with Gasteiger partial charge in [0.05, 0.1) is 27.9 Å². The molecule has 29 heavy (non-hydrogen) atoms. The molecule has 1 N–H and O–H groups in total. The topological polar surface area (TPSA) is 64.6 Å². The smallest absolute Gasteiger partial charge is 0.193 e. The van der Waals surface area contributed by atoms with E-state index in [-0.39, 0.29) is 0 Å². The first kappa shape index (κ1) is 22.2. The Morgan fingerprint density at radius 1 is 0.966 bits per heavy atom. The molecule has 2 aromatic rings. The first-order valence-corrected chi connectivity index (χ1v) is 9.48. The van der Waals surface area contributed by atoms with Crippen molar-refractivity contribution in [1.82, 2.24) is 10.2 Å². The average Bonchev–Trinajstić information content (AvgIpc) is 2.75. The number of methoxy groups -OCH3 is 3. The molecule has 0 bridgehead atoms. The van der Waals surface area contributed by atoms with Crippen LogP contribution in [0.1, 0.15) is 18.1 Å². The van der Waals surface area contributed by atoms with Crippen LogP contribution in [0.5, 0.6) is 23.0 Å². The molecule has 0 aliphatic carbocycles. The van der Waals surface area contributed by atoms with Gasteiger partial charge in [-0.1, -0.05) is 12.1 Å². The van der Waals surface area contributed by atoms with E-state index >= 15 is 0 Å². The first-order chi connectivity index (χ1) is 14.1. The molecule has 7 nitrogen and oxygen atoms in total. The highest BCUT2D eigenvalue weighted by atomic mass is 16.5. The van der Waals surface area contributed by atoms with Gasteiger partial charge in [-0.05, 0) is 30.7 Å². The van der Waals surface area contributed by atoms with Crippen molar-refractivity contribution in [3.8, 4) is 23.0 Å². The van der Waals surface area contributed by atoms with Crippen LogP contribution in [0.3, 0.4) is 0 Å². The summed E-state index contributed by atoms with van der Waals surface area (Å²) in [6.07, 6.45) is 0. The van der Waals surface area contributed by atoms with Crippen LogP contribution >= 0.6 is 0 Å². The van der Waals surface area contributed by atoms with E-state index in [9.17, 15) is 0 Å². The predicted octanol–water partition coefficient (Wildman–Crippen LogP) is 3.32. The minimum Gasteiger partial charge on any atom is -0.496 e. The zero-order valence-corrected chi connectivity index (χ0v) is 18.1. The van der Waals surface area contributed by atoms with Crippen LogP contribution < -0.4 is 24.3 Å². The van der Waals surface area contributed by atoms with E-state index in [2.05, 4.69) is 27.3 Å². The van der Waals surface area contributed by atoms with Crippen LogP contribution in [0.15, 0.2) is 41.4 Å². The number of hydrogen-bond donors (Lipinski definition) is 1. The fourth-order valence-electron chi connectivity index (χ4n) is 3.00. The molecular formula is C22H31N3O4. The summed E-state index contributed by atoms with van der Waals surface area (Å²) in [6.45, 7) is 3.89. The molecule has 2 aromatic carbocycles. The maximum absolute atomic E-state index is 5.50. The van der Waals surface area contributed by atoms with Crippen molar-refractivity contribution < 1.29 is 18.9 Å². The number of nitrogens with one attached hydrogen (secondary N) is 1. The van der Waals surface area contributed by atoms with Crippen LogP contribution in [-0.2, 0) is 13.1 Å². The lowest BCUT2D eigenvalue weighted by atomic mass is 10.1.